The summed E-state index contributed by atoms with van der Waals surface area (Å²) in [6.07, 6.45) is 0.00583. The number of hydrogen-bond donors (Lipinski definition) is 1. The second-order valence-corrected chi connectivity index (χ2v) is 4.44. The second-order valence-electron chi connectivity index (χ2n) is 4.44. The average Bonchev–Trinajstić information content (AvgIpc) is 2.65. The van der Waals surface area contributed by atoms with Gasteiger partial charge in [-0.2, -0.15) is 4.39 Å². The third-order valence-electron chi connectivity index (χ3n) is 3.18. The first-order valence-electron chi connectivity index (χ1n) is 5.87. The van der Waals surface area contributed by atoms with Gasteiger partial charge in [0.2, 0.25) is 17.6 Å². The fourth-order valence-electron chi connectivity index (χ4n) is 1.99. The Morgan fingerprint density at radius 1 is 1.50 bits per heavy atom. The van der Waals surface area contributed by atoms with Crippen molar-refractivity contribution in [3.63, 3.8) is 0 Å². The van der Waals surface area contributed by atoms with Crippen LogP contribution in [0.4, 0.5) is 10.1 Å². The van der Waals surface area contributed by atoms with Gasteiger partial charge < -0.3 is 5.32 Å². The highest BCUT2D eigenvalue weighted by molar-refractivity contribution is 6.05. The fourth-order valence-corrected chi connectivity index (χ4v) is 1.99. The summed E-state index contributed by atoms with van der Waals surface area (Å²) < 4.78 is 13.8. The average molecular weight is 281 g/mol. The van der Waals surface area contributed by atoms with Gasteiger partial charge >= 0.3 is 5.69 Å². The van der Waals surface area contributed by atoms with Gasteiger partial charge in [-0.15, -0.1) is 0 Å². The lowest BCUT2D eigenvalue weighted by molar-refractivity contribution is -0.387. The molecule has 0 aliphatic carbocycles. The zero-order valence-corrected chi connectivity index (χ0v) is 10.6. The molecule has 1 atom stereocenters. The zero-order chi connectivity index (χ0) is 14.9. The molecule has 0 saturated carbocycles. The molecule has 0 radical (unpaired) electrons. The molecule has 1 saturated heterocycles. The highest BCUT2D eigenvalue weighted by atomic mass is 19.1. The highest BCUT2D eigenvalue weighted by Crippen LogP contribution is 2.20. The minimum atomic E-state index is -0.935. The van der Waals surface area contributed by atoms with Gasteiger partial charge in [0, 0.05) is 25.2 Å². The van der Waals surface area contributed by atoms with Crippen LogP contribution in [0, 0.1) is 15.9 Å². The van der Waals surface area contributed by atoms with Gasteiger partial charge in [0.05, 0.1) is 17.4 Å². The summed E-state index contributed by atoms with van der Waals surface area (Å²) >= 11 is 0. The summed E-state index contributed by atoms with van der Waals surface area (Å²) in [6.45, 7) is -0.0644. The number of carbonyl (C=O) groups is 2. The van der Waals surface area contributed by atoms with Crippen molar-refractivity contribution in [2.24, 2.45) is 0 Å². The van der Waals surface area contributed by atoms with E-state index >= 15 is 0 Å². The van der Waals surface area contributed by atoms with Crippen LogP contribution >= 0.6 is 0 Å². The minimum absolute atomic E-state index is 0.00583. The lowest BCUT2D eigenvalue weighted by Crippen LogP contribution is -2.36. The van der Waals surface area contributed by atoms with Crippen molar-refractivity contribution in [1.82, 2.24) is 10.2 Å². The third-order valence-corrected chi connectivity index (χ3v) is 3.18. The Bertz CT molecular complexity index is 590. The van der Waals surface area contributed by atoms with Gasteiger partial charge in [-0.05, 0) is 0 Å². The maximum absolute atomic E-state index is 13.8. The number of nitrogens with one attached hydrogen (secondary N) is 1. The standard InChI is InChI=1S/C12H12FN3O4/c1-15-10(17)5-8(12(15)18)14-6-7-3-2-4-9(11(7)13)16(19)20/h2-4,8,14H,5-6H2,1H3. The van der Waals surface area contributed by atoms with Crippen LogP contribution < -0.4 is 5.32 Å². The molecule has 2 amide bonds. The smallest absolute Gasteiger partial charge is 0.301 e. The van der Waals surface area contributed by atoms with E-state index in [1.165, 1.54) is 19.2 Å². The van der Waals surface area contributed by atoms with Crippen LogP contribution in [0.3, 0.4) is 0 Å². The van der Waals surface area contributed by atoms with E-state index in [1.54, 1.807) is 0 Å². The van der Waals surface area contributed by atoms with E-state index < -0.39 is 22.5 Å². The molecule has 20 heavy (non-hydrogen) atoms. The predicted molar refractivity (Wildman–Crippen MR) is 66.1 cm³/mol. The predicted octanol–water partition coefficient (Wildman–Crippen LogP) is 0.581. The molecule has 7 nitrogen and oxygen atoms in total. The van der Waals surface area contributed by atoms with Crippen LogP contribution in [0.15, 0.2) is 18.2 Å². The molecule has 2 rings (SSSR count). The summed E-state index contributed by atoms with van der Waals surface area (Å²) in [6, 6.07) is 3.11. The number of imide groups is 1. The summed E-state index contributed by atoms with van der Waals surface area (Å²) in [5, 5.41) is 13.4. The van der Waals surface area contributed by atoms with Crippen molar-refractivity contribution in [2.45, 2.75) is 19.0 Å². The number of nitrogens with zero attached hydrogens (tertiary/aromatic N) is 2. The maximum Gasteiger partial charge on any atom is 0.305 e. The summed E-state index contributed by atoms with van der Waals surface area (Å²) in [5.41, 5.74) is -0.538. The van der Waals surface area contributed by atoms with E-state index in [-0.39, 0.29) is 30.3 Å². The Morgan fingerprint density at radius 3 is 2.75 bits per heavy atom. The number of amides is 2. The second kappa shape index (κ2) is 5.33. The summed E-state index contributed by atoms with van der Waals surface area (Å²) in [4.78, 5) is 33.8. The molecule has 1 aliphatic rings. The third kappa shape index (κ3) is 2.50. The van der Waals surface area contributed by atoms with Gasteiger partial charge in [-0.25, -0.2) is 0 Å². The van der Waals surface area contributed by atoms with E-state index in [2.05, 4.69) is 5.32 Å². The fraction of sp³-hybridized carbons (Fsp3) is 0.333. The van der Waals surface area contributed by atoms with Crippen molar-refractivity contribution in [1.29, 1.82) is 0 Å². The van der Waals surface area contributed by atoms with E-state index in [9.17, 15) is 24.1 Å². The monoisotopic (exact) mass is 281 g/mol. The number of nitro benzene ring substituents is 1. The van der Waals surface area contributed by atoms with Crippen LogP contribution in [0.1, 0.15) is 12.0 Å². The van der Waals surface area contributed by atoms with E-state index in [1.807, 2.05) is 0 Å². The van der Waals surface area contributed by atoms with Crippen molar-refractivity contribution in [2.75, 3.05) is 7.05 Å². The van der Waals surface area contributed by atoms with E-state index in [0.717, 1.165) is 11.0 Å². The first-order valence-corrected chi connectivity index (χ1v) is 5.87. The molecule has 0 bridgehead atoms. The first-order chi connectivity index (χ1) is 9.41. The van der Waals surface area contributed by atoms with Gasteiger partial charge in [-0.3, -0.25) is 24.6 Å². The molecule has 1 aliphatic heterocycles. The van der Waals surface area contributed by atoms with Crippen LogP contribution in [0.2, 0.25) is 0 Å². The SMILES string of the molecule is CN1C(=O)CC(NCc2cccc([N+](=O)[O-])c2F)C1=O. The number of halogens is 1. The number of rotatable bonds is 4. The minimum Gasteiger partial charge on any atom is -0.301 e. The molecule has 0 spiro atoms. The molecule has 8 heteroatoms. The Labute approximate surface area is 113 Å². The first kappa shape index (κ1) is 14.1. The van der Waals surface area contributed by atoms with Crippen LogP contribution in [0.25, 0.3) is 0 Å². The Kier molecular flexibility index (Phi) is 3.75. The molecule has 0 aromatic heterocycles. The van der Waals surface area contributed by atoms with Crippen LogP contribution in [-0.4, -0.2) is 34.7 Å². The summed E-state index contributed by atoms with van der Waals surface area (Å²) in [7, 11) is 1.38. The van der Waals surface area contributed by atoms with E-state index in [4.69, 9.17) is 0 Å². The zero-order valence-electron chi connectivity index (χ0n) is 10.6. The van der Waals surface area contributed by atoms with Crippen LogP contribution in [0.5, 0.6) is 0 Å². The topological polar surface area (TPSA) is 92.6 Å². The Balaban J connectivity index is 2.09. The molecule has 1 aromatic carbocycles. The van der Waals surface area contributed by atoms with Crippen molar-refractivity contribution in [3.05, 3.63) is 39.7 Å². The summed E-state index contributed by atoms with van der Waals surface area (Å²) in [5.74, 6) is -1.64. The number of hydrogen-bond acceptors (Lipinski definition) is 5. The number of benzene rings is 1. The van der Waals surface area contributed by atoms with Gasteiger partial charge in [0.1, 0.15) is 0 Å². The Morgan fingerprint density at radius 2 is 2.20 bits per heavy atom. The quantitative estimate of drug-likeness (QED) is 0.495. The maximum atomic E-state index is 13.8. The molecular formula is C12H12FN3O4. The normalized spacial score (nSPS) is 18.7. The lowest BCUT2D eigenvalue weighted by atomic mass is 10.1. The Hall–Kier alpha value is -2.35. The van der Waals surface area contributed by atoms with Gasteiger partial charge in [0.25, 0.3) is 0 Å². The molecule has 1 unspecified atom stereocenters. The molecule has 1 heterocycles. The highest BCUT2D eigenvalue weighted by Gasteiger charge is 2.35. The number of carbonyl (C=O) groups excluding carboxylic acids is 2. The van der Waals surface area contributed by atoms with Crippen molar-refractivity contribution < 1.29 is 18.9 Å². The van der Waals surface area contributed by atoms with Crippen LogP contribution in [-0.2, 0) is 16.1 Å². The van der Waals surface area contributed by atoms with Crippen molar-refractivity contribution in [3.8, 4) is 0 Å². The molecule has 1 N–H and O–H groups in total. The molecule has 1 aromatic rings. The molecular weight excluding hydrogens is 269 g/mol. The van der Waals surface area contributed by atoms with E-state index in [0.29, 0.717) is 0 Å². The number of likely N-dealkylation sites (N-methyl/N-ethyl adjacent to an activating group) is 1. The van der Waals surface area contributed by atoms with Gasteiger partial charge in [0.15, 0.2) is 0 Å². The lowest BCUT2D eigenvalue weighted by Gasteiger charge is -2.11. The van der Waals surface area contributed by atoms with Gasteiger partial charge in [-0.1, -0.05) is 12.1 Å². The van der Waals surface area contributed by atoms with Crippen molar-refractivity contribution >= 4 is 17.5 Å². The number of likely N-dealkylation sites (tertiary alicyclic amines) is 1. The number of nitro groups is 1. The molecule has 106 valence electrons. The molecule has 1 fully saturated rings. The largest absolute Gasteiger partial charge is 0.305 e.